The lowest BCUT2D eigenvalue weighted by Gasteiger charge is -2.30. The monoisotopic (exact) mass is 1100 g/mol. The molecule has 9 heteroatoms. The summed E-state index contributed by atoms with van der Waals surface area (Å²) in [6, 6.07) is -0.798. The van der Waals surface area contributed by atoms with Crippen molar-refractivity contribution in [2.24, 2.45) is 0 Å². The minimum Gasteiger partial charge on any atom is -0.756 e. The van der Waals surface area contributed by atoms with Crippen LogP contribution in [0.5, 0.6) is 0 Å². The summed E-state index contributed by atoms with van der Waals surface area (Å²) in [4.78, 5) is 25.6. The Hall–Kier alpha value is -1.54. The summed E-state index contributed by atoms with van der Waals surface area (Å²) < 4.78 is 23.4. The predicted molar refractivity (Wildman–Crippen MR) is 334 cm³/mol. The van der Waals surface area contributed by atoms with E-state index >= 15 is 0 Å². The predicted octanol–water partition coefficient (Wildman–Crippen LogP) is 20.4. The number of carbonyl (C=O) groups is 1. The average Bonchev–Trinajstić information content (AvgIpc) is 3.39. The van der Waals surface area contributed by atoms with E-state index < -0.39 is 20.0 Å². The standard InChI is InChI=1S/C68H131N2O6P/c1-6-8-10-12-14-16-18-20-22-23-24-25-26-27-28-29-30-31-32-33-34-35-36-37-38-39-40-41-42-43-44-45-46-47-48-50-52-54-56-58-60-62-68(72)69-66(65-76-77(73,74)75-64-63-70(3,4)5)67(71)61-59-57-55-53-51-49-21-19-17-15-13-11-9-7-2/h8,10,14,16,20,22,24-25,66-67,71H,6-7,9,11-13,15,17-19,21,23,26-65H2,1-5H3,(H-,69,72,73,74)/b10-8-,16-14-,22-20-,25-24-. The van der Waals surface area contributed by atoms with Crippen molar-refractivity contribution in [1.29, 1.82) is 0 Å². The van der Waals surface area contributed by atoms with Crippen LogP contribution in [0.25, 0.3) is 0 Å². The van der Waals surface area contributed by atoms with Gasteiger partial charge in [-0.3, -0.25) is 9.36 Å². The van der Waals surface area contributed by atoms with Crippen LogP contribution in [0.4, 0.5) is 0 Å². The normalized spacial score (nSPS) is 14.0. The molecule has 0 heterocycles. The number of carbonyl (C=O) groups excluding carboxylic acids is 1. The molecule has 0 aromatic carbocycles. The molecule has 0 aromatic heterocycles. The van der Waals surface area contributed by atoms with Crippen molar-refractivity contribution < 1.29 is 32.9 Å². The molecule has 0 aliphatic heterocycles. The Bertz CT molecular complexity index is 1390. The number of aliphatic hydroxyl groups excluding tert-OH is 1. The number of quaternary nitrogens is 1. The second-order valence-electron chi connectivity index (χ2n) is 24.2. The zero-order valence-electron chi connectivity index (χ0n) is 51.9. The van der Waals surface area contributed by atoms with E-state index in [2.05, 4.69) is 67.8 Å². The molecule has 454 valence electrons. The minimum atomic E-state index is -4.57. The van der Waals surface area contributed by atoms with E-state index in [1.54, 1.807) is 0 Å². The van der Waals surface area contributed by atoms with Gasteiger partial charge in [0.05, 0.1) is 39.9 Å². The van der Waals surface area contributed by atoms with E-state index in [0.29, 0.717) is 23.9 Å². The number of nitrogens with one attached hydrogen (secondary N) is 1. The molecule has 0 radical (unpaired) electrons. The van der Waals surface area contributed by atoms with Crippen LogP contribution < -0.4 is 10.2 Å². The van der Waals surface area contributed by atoms with Crippen molar-refractivity contribution in [2.45, 2.75) is 341 Å². The molecule has 3 atom stereocenters. The van der Waals surface area contributed by atoms with Gasteiger partial charge < -0.3 is 28.8 Å². The van der Waals surface area contributed by atoms with Gasteiger partial charge in [0.2, 0.25) is 5.91 Å². The Balaban J connectivity index is 3.82. The van der Waals surface area contributed by atoms with Crippen molar-refractivity contribution >= 4 is 13.7 Å². The fourth-order valence-corrected chi connectivity index (χ4v) is 10.9. The average molecular weight is 1100 g/mol. The molecule has 0 spiro atoms. The number of phosphoric acid groups is 1. The Kier molecular flexibility index (Phi) is 57.9. The first kappa shape index (κ1) is 75.5. The molecule has 8 nitrogen and oxygen atoms in total. The molecule has 0 aliphatic carbocycles. The highest BCUT2D eigenvalue weighted by Crippen LogP contribution is 2.38. The molecule has 0 bridgehead atoms. The molecule has 1 amide bonds. The molecule has 0 rings (SSSR count). The van der Waals surface area contributed by atoms with Crippen LogP contribution in [0.3, 0.4) is 0 Å². The van der Waals surface area contributed by atoms with E-state index in [1.807, 2.05) is 21.1 Å². The fraction of sp³-hybridized carbons (Fsp3) is 0.868. The SMILES string of the molecule is CC/C=C\C/C=C\C/C=C\C/C=C\CCCCCCCCCCCCCCCCCCCCCCCCCCCCCCC(=O)NC(COP(=O)([O-])OCC[N+](C)(C)C)C(O)CCCCCCCCCCCCCCCC. The van der Waals surface area contributed by atoms with Crippen LogP contribution in [-0.2, 0) is 18.4 Å². The number of unbranched alkanes of at least 4 members (excludes halogenated alkanes) is 41. The van der Waals surface area contributed by atoms with Crippen molar-refractivity contribution in [3.63, 3.8) is 0 Å². The number of hydrogen-bond acceptors (Lipinski definition) is 6. The second kappa shape index (κ2) is 59.1. The Morgan fingerprint density at radius 3 is 1.16 bits per heavy atom. The lowest BCUT2D eigenvalue weighted by atomic mass is 10.0. The van der Waals surface area contributed by atoms with Gasteiger partial charge in [-0.25, -0.2) is 0 Å². The van der Waals surface area contributed by atoms with Crippen LogP contribution in [0.2, 0.25) is 0 Å². The second-order valence-corrected chi connectivity index (χ2v) is 25.6. The number of likely N-dealkylation sites (N-methyl/N-ethyl adjacent to an activating group) is 1. The van der Waals surface area contributed by atoms with Crippen molar-refractivity contribution in [1.82, 2.24) is 5.32 Å². The summed E-state index contributed by atoms with van der Waals surface area (Å²) in [5.74, 6) is -0.159. The molecule has 77 heavy (non-hydrogen) atoms. The van der Waals surface area contributed by atoms with E-state index in [0.717, 1.165) is 64.2 Å². The van der Waals surface area contributed by atoms with Crippen molar-refractivity contribution in [3.05, 3.63) is 48.6 Å². The maximum absolute atomic E-state index is 13.0. The number of amides is 1. The quantitative estimate of drug-likeness (QED) is 0.0272. The highest BCUT2D eigenvalue weighted by atomic mass is 31.2. The number of rotatable bonds is 62. The zero-order chi connectivity index (χ0) is 56.3. The van der Waals surface area contributed by atoms with Gasteiger partial charge >= 0.3 is 0 Å². The maximum atomic E-state index is 13.0. The van der Waals surface area contributed by atoms with Gasteiger partial charge in [-0.1, -0.05) is 319 Å². The van der Waals surface area contributed by atoms with Gasteiger partial charge in [0.25, 0.3) is 7.82 Å². The first-order valence-electron chi connectivity index (χ1n) is 33.5. The van der Waals surface area contributed by atoms with Gasteiger partial charge in [0.15, 0.2) is 0 Å². The largest absolute Gasteiger partial charge is 0.756 e. The van der Waals surface area contributed by atoms with Crippen molar-refractivity contribution in [2.75, 3.05) is 40.9 Å². The summed E-state index contributed by atoms with van der Waals surface area (Å²) in [5.41, 5.74) is 0. The first-order valence-corrected chi connectivity index (χ1v) is 34.9. The number of hydrogen-bond donors (Lipinski definition) is 2. The maximum Gasteiger partial charge on any atom is 0.268 e. The van der Waals surface area contributed by atoms with Gasteiger partial charge in [-0.05, 0) is 51.4 Å². The topological polar surface area (TPSA) is 108 Å². The Labute approximate surface area is 479 Å². The summed E-state index contributed by atoms with van der Waals surface area (Å²) in [5, 5.41) is 14.0. The Morgan fingerprint density at radius 1 is 0.468 bits per heavy atom. The van der Waals surface area contributed by atoms with E-state index in [1.165, 1.54) is 238 Å². The summed E-state index contributed by atoms with van der Waals surface area (Å²) in [6.45, 7) is 4.64. The third-order valence-electron chi connectivity index (χ3n) is 15.3. The van der Waals surface area contributed by atoms with Crippen LogP contribution in [-0.4, -0.2) is 68.5 Å². The van der Waals surface area contributed by atoms with E-state index in [4.69, 9.17) is 9.05 Å². The van der Waals surface area contributed by atoms with Gasteiger partial charge in [-0.2, -0.15) is 0 Å². The van der Waals surface area contributed by atoms with Gasteiger partial charge in [-0.15, -0.1) is 0 Å². The molecule has 0 aliphatic rings. The minimum absolute atomic E-state index is 0.0145. The Morgan fingerprint density at radius 2 is 0.792 bits per heavy atom. The smallest absolute Gasteiger partial charge is 0.268 e. The van der Waals surface area contributed by atoms with Crippen molar-refractivity contribution in [3.8, 4) is 0 Å². The summed E-state index contributed by atoms with van der Waals surface area (Å²) in [7, 11) is 1.32. The number of allylic oxidation sites excluding steroid dienone is 8. The van der Waals surface area contributed by atoms with Crippen LogP contribution >= 0.6 is 7.82 Å². The summed E-state index contributed by atoms with van der Waals surface area (Å²) >= 11 is 0. The van der Waals surface area contributed by atoms with Crippen LogP contribution in [0.15, 0.2) is 48.6 Å². The first-order chi connectivity index (χ1) is 37.5. The summed E-state index contributed by atoms with van der Waals surface area (Å²) in [6.07, 6.45) is 79.1. The number of aliphatic hydroxyl groups is 1. The van der Waals surface area contributed by atoms with E-state index in [-0.39, 0.29) is 19.1 Å². The molecule has 3 unspecified atom stereocenters. The lowest BCUT2D eigenvalue weighted by Crippen LogP contribution is -2.46. The highest BCUT2D eigenvalue weighted by Gasteiger charge is 2.24. The lowest BCUT2D eigenvalue weighted by molar-refractivity contribution is -0.870. The zero-order valence-corrected chi connectivity index (χ0v) is 52.8. The number of phosphoric ester groups is 1. The number of nitrogens with zero attached hydrogens (tertiary/aromatic N) is 1. The molecule has 0 saturated heterocycles. The third kappa shape index (κ3) is 61.9. The molecule has 0 aromatic rings. The highest BCUT2D eigenvalue weighted by molar-refractivity contribution is 7.45. The molecule has 0 saturated carbocycles. The van der Waals surface area contributed by atoms with Gasteiger partial charge in [0, 0.05) is 6.42 Å². The molecular formula is C68H131N2O6P. The molecule has 2 N–H and O–H groups in total. The van der Waals surface area contributed by atoms with E-state index in [9.17, 15) is 19.4 Å². The van der Waals surface area contributed by atoms with Crippen LogP contribution in [0.1, 0.15) is 328 Å². The third-order valence-corrected chi connectivity index (χ3v) is 16.3. The van der Waals surface area contributed by atoms with Gasteiger partial charge in [0.1, 0.15) is 13.2 Å². The van der Waals surface area contributed by atoms with Crippen LogP contribution in [0, 0.1) is 0 Å². The molecule has 0 fully saturated rings. The molecular weight excluding hydrogens is 972 g/mol. The fourth-order valence-electron chi connectivity index (χ4n) is 10.2.